The van der Waals surface area contributed by atoms with Gasteiger partial charge in [0.1, 0.15) is 0 Å². The number of sulfonamides is 1. The highest BCUT2D eigenvalue weighted by atomic mass is 32.2. The average molecular weight is 192 g/mol. The Morgan fingerprint density at radius 2 is 2.00 bits per heavy atom. The van der Waals surface area contributed by atoms with Crippen molar-refractivity contribution in [2.24, 2.45) is 5.92 Å². The highest BCUT2D eigenvalue weighted by Crippen LogP contribution is 2.20. The Labute approximate surface area is 71.8 Å². The van der Waals surface area contributed by atoms with Crippen LogP contribution >= 0.6 is 0 Å². The van der Waals surface area contributed by atoms with Crippen LogP contribution in [0.15, 0.2) is 0 Å². The van der Waals surface area contributed by atoms with E-state index in [1.807, 2.05) is 4.72 Å². The number of hydrogen-bond donors (Lipinski definition) is 1. The van der Waals surface area contributed by atoms with Gasteiger partial charge in [-0.25, -0.2) is 17.9 Å². The number of nitrogens with zero attached hydrogens (tertiary/aromatic N) is 1. The van der Waals surface area contributed by atoms with Gasteiger partial charge in [-0.05, 0) is 5.92 Å². The number of carbonyl (C=O) groups is 1. The smallest absolute Gasteiger partial charge is 0.308 e. The van der Waals surface area contributed by atoms with Crippen molar-refractivity contribution in [3.05, 3.63) is 0 Å². The molecule has 0 radical (unpaired) electrons. The lowest BCUT2D eigenvalue weighted by atomic mass is 10.2. The number of carbonyl (C=O) groups excluding carboxylic acids is 1. The number of amides is 2. The molecular weight excluding hydrogens is 180 g/mol. The maximum Gasteiger partial charge on any atom is 0.331 e. The Kier molecular flexibility index (Phi) is 2.03. The molecule has 0 aromatic heterocycles. The van der Waals surface area contributed by atoms with Gasteiger partial charge < -0.3 is 4.90 Å². The fraction of sp³-hybridized carbons (Fsp3) is 0.833. The van der Waals surface area contributed by atoms with Crippen molar-refractivity contribution in [3.8, 4) is 0 Å². The molecular formula is C6H12N2O3S. The topological polar surface area (TPSA) is 66.5 Å². The molecule has 1 heterocycles. The predicted octanol–water partition coefficient (Wildman–Crippen LogP) is -0.0467. The summed E-state index contributed by atoms with van der Waals surface area (Å²) in [4.78, 5) is 12.1. The van der Waals surface area contributed by atoms with E-state index in [-0.39, 0.29) is 5.92 Å². The zero-order valence-corrected chi connectivity index (χ0v) is 8.05. The van der Waals surface area contributed by atoms with Crippen LogP contribution in [0.4, 0.5) is 4.79 Å². The van der Waals surface area contributed by atoms with E-state index in [2.05, 4.69) is 0 Å². The molecule has 1 unspecified atom stereocenters. The van der Waals surface area contributed by atoms with E-state index in [1.54, 1.807) is 13.8 Å². The standard InChI is InChI=1S/C6H12N2O3S/c1-4(2)5-8(3)6(9)7-12(5,10)11/h4-5H,1-3H3,(H,7,9). The maximum absolute atomic E-state index is 11.3. The molecule has 0 aromatic carbocycles. The van der Waals surface area contributed by atoms with E-state index in [4.69, 9.17) is 0 Å². The molecule has 0 aliphatic carbocycles. The van der Waals surface area contributed by atoms with E-state index < -0.39 is 21.4 Å². The summed E-state index contributed by atoms with van der Waals surface area (Å²) in [7, 11) is -1.98. The van der Waals surface area contributed by atoms with Crippen molar-refractivity contribution in [2.45, 2.75) is 19.2 Å². The van der Waals surface area contributed by atoms with Crippen LogP contribution in [-0.2, 0) is 10.0 Å². The van der Waals surface area contributed by atoms with Crippen molar-refractivity contribution >= 4 is 16.1 Å². The quantitative estimate of drug-likeness (QED) is 0.633. The molecule has 1 aliphatic heterocycles. The summed E-state index contributed by atoms with van der Waals surface area (Å²) in [6, 6.07) is -0.547. The average Bonchev–Trinajstić information content (AvgIpc) is 2.01. The minimum absolute atomic E-state index is 0.0982. The van der Waals surface area contributed by atoms with Gasteiger partial charge in [-0.2, -0.15) is 0 Å². The summed E-state index contributed by atoms with van der Waals surface area (Å²) in [6.07, 6.45) is 0. The van der Waals surface area contributed by atoms with Crippen molar-refractivity contribution < 1.29 is 13.2 Å². The highest BCUT2D eigenvalue weighted by Gasteiger charge is 2.42. The first-order valence-corrected chi connectivity index (χ1v) is 5.19. The second-order valence-electron chi connectivity index (χ2n) is 3.20. The molecule has 1 atom stereocenters. The van der Waals surface area contributed by atoms with Crippen LogP contribution in [0.5, 0.6) is 0 Å². The first-order valence-electron chi connectivity index (χ1n) is 3.64. The largest absolute Gasteiger partial charge is 0.331 e. The van der Waals surface area contributed by atoms with Crippen LogP contribution in [-0.4, -0.2) is 31.8 Å². The van der Waals surface area contributed by atoms with E-state index in [9.17, 15) is 13.2 Å². The third-order valence-corrected chi connectivity index (χ3v) is 3.78. The van der Waals surface area contributed by atoms with E-state index in [1.165, 1.54) is 11.9 Å². The lowest BCUT2D eigenvalue weighted by Crippen LogP contribution is -2.35. The molecule has 5 nitrogen and oxygen atoms in total. The number of urea groups is 1. The fourth-order valence-corrected chi connectivity index (χ4v) is 3.12. The van der Waals surface area contributed by atoms with Crippen molar-refractivity contribution in [1.82, 2.24) is 9.62 Å². The third-order valence-electron chi connectivity index (χ3n) is 1.82. The van der Waals surface area contributed by atoms with E-state index in [0.29, 0.717) is 0 Å². The molecule has 0 aromatic rings. The van der Waals surface area contributed by atoms with Crippen LogP contribution in [0.3, 0.4) is 0 Å². The van der Waals surface area contributed by atoms with Crippen LogP contribution < -0.4 is 4.72 Å². The second kappa shape index (κ2) is 2.62. The Morgan fingerprint density at radius 1 is 1.50 bits per heavy atom. The summed E-state index contributed by atoms with van der Waals surface area (Å²) in [6.45, 7) is 3.53. The number of rotatable bonds is 1. The Hall–Kier alpha value is -0.780. The predicted molar refractivity (Wildman–Crippen MR) is 43.8 cm³/mol. The van der Waals surface area contributed by atoms with E-state index in [0.717, 1.165) is 0 Å². The second-order valence-corrected chi connectivity index (χ2v) is 4.97. The van der Waals surface area contributed by atoms with Gasteiger partial charge in [0.25, 0.3) is 10.0 Å². The minimum atomic E-state index is -3.46. The maximum atomic E-state index is 11.3. The molecule has 0 saturated carbocycles. The van der Waals surface area contributed by atoms with Crippen molar-refractivity contribution in [2.75, 3.05) is 7.05 Å². The monoisotopic (exact) mass is 192 g/mol. The van der Waals surface area contributed by atoms with Gasteiger partial charge in [-0.15, -0.1) is 0 Å². The lowest BCUT2D eigenvalue weighted by molar-refractivity contribution is 0.210. The van der Waals surface area contributed by atoms with Crippen LogP contribution in [0, 0.1) is 5.92 Å². The summed E-state index contributed by atoms with van der Waals surface area (Å²) < 4.78 is 24.4. The van der Waals surface area contributed by atoms with Gasteiger partial charge in [0.15, 0.2) is 5.37 Å². The molecule has 1 aliphatic rings. The Balaban J connectivity index is 3.06. The Bertz CT molecular complexity index is 296. The van der Waals surface area contributed by atoms with Crippen molar-refractivity contribution in [1.29, 1.82) is 0 Å². The third kappa shape index (κ3) is 1.26. The molecule has 12 heavy (non-hydrogen) atoms. The van der Waals surface area contributed by atoms with Crippen LogP contribution in [0.1, 0.15) is 13.8 Å². The van der Waals surface area contributed by atoms with Gasteiger partial charge in [0.05, 0.1) is 0 Å². The first kappa shape index (κ1) is 9.31. The Morgan fingerprint density at radius 3 is 2.17 bits per heavy atom. The van der Waals surface area contributed by atoms with Crippen molar-refractivity contribution in [3.63, 3.8) is 0 Å². The van der Waals surface area contributed by atoms with Gasteiger partial charge in [0.2, 0.25) is 0 Å². The number of nitrogens with one attached hydrogen (secondary N) is 1. The molecule has 0 bridgehead atoms. The number of hydrogen-bond acceptors (Lipinski definition) is 3. The minimum Gasteiger partial charge on any atom is -0.308 e. The molecule has 2 amide bonds. The van der Waals surface area contributed by atoms with E-state index >= 15 is 0 Å². The van der Waals surface area contributed by atoms with Crippen LogP contribution in [0.2, 0.25) is 0 Å². The molecule has 1 fully saturated rings. The van der Waals surface area contributed by atoms with Gasteiger partial charge in [0, 0.05) is 7.05 Å². The van der Waals surface area contributed by atoms with Crippen LogP contribution in [0.25, 0.3) is 0 Å². The van der Waals surface area contributed by atoms with Gasteiger partial charge >= 0.3 is 6.03 Å². The normalized spacial score (nSPS) is 27.8. The summed E-state index contributed by atoms with van der Waals surface area (Å²) in [5.74, 6) is -0.0982. The van der Waals surface area contributed by atoms with Gasteiger partial charge in [-0.1, -0.05) is 13.8 Å². The van der Waals surface area contributed by atoms with Gasteiger partial charge in [-0.3, -0.25) is 0 Å². The zero-order valence-electron chi connectivity index (χ0n) is 7.23. The summed E-state index contributed by atoms with van der Waals surface area (Å²) in [5, 5.41) is -0.731. The molecule has 1 rings (SSSR count). The lowest BCUT2D eigenvalue weighted by Gasteiger charge is -2.19. The molecule has 1 saturated heterocycles. The first-order chi connectivity index (χ1) is 5.36. The summed E-state index contributed by atoms with van der Waals surface area (Å²) >= 11 is 0. The molecule has 6 heteroatoms. The molecule has 0 spiro atoms. The fourth-order valence-electron chi connectivity index (χ4n) is 1.38. The SMILES string of the molecule is CC(C)C1N(C)C(=O)NS1(=O)=O. The summed E-state index contributed by atoms with van der Waals surface area (Å²) in [5.41, 5.74) is 0. The molecule has 1 N–H and O–H groups in total. The highest BCUT2D eigenvalue weighted by molar-refractivity contribution is 7.91. The zero-order chi connectivity index (χ0) is 9.52. The molecule has 70 valence electrons.